The lowest BCUT2D eigenvalue weighted by Crippen LogP contribution is -2.33. The first-order chi connectivity index (χ1) is 7.65. The van der Waals surface area contributed by atoms with Crippen molar-refractivity contribution in [1.82, 2.24) is 0 Å². The van der Waals surface area contributed by atoms with Gasteiger partial charge in [0.15, 0.2) is 0 Å². The van der Waals surface area contributed by atoms with Crippen molar-refractivity contribution in [1.29, 1.82) is 0 Å². The number of rotatable bonds is 5. The van der Waals surface area contributed by atoms with E-state index in [0.29, 0.717) is 11.6 Å². The second-order valence-corrected chi connectivity index (χ2v) is 3.98. The molecule has 2 nitrogen and oxygen atoms in total. The summed E-state index contributed by atoms with van der Waals surface area (Å²) in [5.74, 6) is -0.207. The molecule has 0 saturated heterocycles. The first-order valence-corrected chi connectivity index (χ1v) is 5.89. The van der Waals surface area contributed by atoms with E-state index in [4.69, 9.17) is 5.73 Å². The number of nitrogens with zero attached hydrogens (tertiary/aromatic N) is 1. The summed E-state index contributed by atoms with van der Waals surface area (Å²) in [7, 11) is 0. The predicted octanol–water partition coefficient (Wildman–Crippen LogP) is 2.91. The zero-order valence-corrected chi connectivity index (χ0v) is 10.3. The summed E-state index contributed by atoms with van der Waals surface area (Å²) >= 11 is 0. The standard InChI is InChI=1S/C13H21FN2/c1-4-10(3)16(5-2)13-8-6-7-12(14)11(13)9-15/h6-8,10H,4-5,9,15H2,1-3H3. The van der Waals surface area contributed by atoms with E-state index >= 15 is 0 Å². The Balaban J connectivity index is 3.14. The molecule has 3 heteroatoms. The van der Waals surface area contributed by atoms with Gasteiger partial charge in [-0.3, -0.25) is 0 Å². The van der Waals surface area contributed by atoms with Gasteiger partial charge in [0.1, 0.15) is 5.82 Å². The van der Waals surface area contributed by atoms with Gasteiger partial charge in [0.2, 0.25) is 0 Å². The van der Waals surface area contributed by atoms with Gasteiger partial charge < -0.3 is 10.6 Å². The van der Waals surface area contributed by atoms with E-state index in [0.717, 1.165) is 18.7 Å². The molecule has 16 heavy (non-hydrogen) atoms. The van der Waals surface area contributed by atoms with Gasteiger partial charge >= 0.3 is 0 Å². The van der Waals surface area contributed by atoms with E-state index in [1.165, 1.54) is 6.07 Å². The van der Waals surface area contributed by atoms with Crippen LogP contribution in [0.5, 0.6) is 0 Å². The highest BCUT2D eigenvalue weighted by atomic mass is 19.1. The monoisotopic (exact) mass is 224 g/mol. The van der Waals surface area contributed by atoms with Crippen LogP contribution >= 0.6 is 0 Å². The highest BCUT2D eigenvalue weighted by Gasteiger charge is 2.16. The molecule has 1 atom stereocenters. The number of halogens is 1. The van der Waals surface area contributed by atoms with Crippen molar-refractivity contribution in [3.63, 3.8) is 0 Å². The molecular formula is C13H21FN2. The largest absolute Gasteiger partial charge is 0.369 e. The Labute approximate surface area is 97.3 Å². The minimum Gasteiger partial charge on any atom is -0.369 e. The first kappa shape index (κ1) is 13.0. The molecule has 0 bridgehead atoms. The van der Waals surface area contributed by atoms with Gasteiger partial charge in [-0.2, -0.15) is 0 Å². The maximum atomic E-state index is 13.6. The third kappa shape index (κ3) is 2.53. The average molecular weight is 224 g/mol. The Morgan fingerprint density at radius 3 is 2.56 bits per heavy atom. The van der Waals surface area contributed by atoms with Crippen molar-refractivity contribution in [2.75, 3.05) is 11.4 Å². The molecule has 0 aliphatic rings. The lowest BCUT2D eigenvalue weighted by Gasteiger charge is -2.31. The molecule has 0 aliphatic heterocycles. The van der Waals surface area contributed by atoms with Crippen molar-refractivity contribution < 1.29 is 4.39 Å². The molecule has 1 aromatic rings. The fourth-order valence-corrected chi connectivity index (χ4v) is 1.96. The highest BCUT2D eigenvalue weighted by molar-refractivity contribution is 5.54. The van der Waals surface area contributed by atoms with Gasteiger partial charge in [-0.25, -0.2) is 4.39 Å². The number of benzene rings is 1. The highest BCUT2D eigenvalue weighted by Crippen LogP contribution is 2.25. The minimum absolute atomic E-state index is 0.207. The molecular weight excluding hydrogens is 203 g/mol. The summed E-state index contributed by atoms with van der Waals surface area (Å²) in [6, 6.07) is 5.56. The molecule has 0 fully saturated rings. The second-order valence-electron chi connectivity index (χ2n) is 3.98. The van der Waals surface area contributed by atoms with Crippen molar-refractivity contribution in [2.24, 2.45) is 5.73 Å². The molecule has 0 aromatic heterocycles. The van der Waals surface area contributed by atoms with Gasteiger partial charge in [-0.15, -0.1) is 0 Å². The van der Waals surface area contributed by atoms with E-state index in [2.05, 4.69) is 25.7 Å². The van der Waals surface area contributed by atoms with E-state index < -0.39 is 0 Å². The van der Waals surface area contributed by atoms with Crippen LogP contribution in [-0.4, -0.2) is 12.6 Å². The fourth-order valence-electron chi connectivity index (χ4n) is 1.96. The molecule has 2 N–H and O–H groups in total. The van der Waals surface area contributed by atoms with Crippen molar-refractivity contribution in [2.45, 2.75) is 39.8 Å². The van der Waals surface area contributed by atoms with Gasteiger partial charge in [0.05, 0.1) is 0 Å². The molecule has 0 aliphatic carbocycles. The summed E-state index contributed by atoms with van der Waals surface area (Å²) in [4.78, 5) is 2.20. The van der Waals surface area contributed by atoms with Crippen LogP contribution in [0.2, 0.25) is 0 Å². The van der Waals surface area contributed by atoms with E-state index in [-0.39, 0.29) is 12.4 Å². The van der Waals surface area contributed by atoms with Crippen LogP contribution in [-0.2, 0) is 6.54 Å². The van der Waals surface area contributed by atoms with E-state index in [1.54, 1.807) is 6.07 Å². The molecule has 1 rings (SSSR count). The molecule has 0 amide bonds. The molecule has 1 unspecified atom stereocenters. The maximum absolute atomic E-state index is 13.6. The molecule has 0 saturated carbocycles. The molecule has 0 spiro atoms. The number of hydrogen-bond acceptors (Lipinski definition) is 2. The Hall–Kier alpha value is -1.09. The summed E-state index contributed by atoms with van der Waals surface area (Å²) in [6.45, 7) is 7.47. The third-order valence-electron chi connectivity index (χ3n) is 3.07. The molecule has 0 radical (unpaired) electrons. The fraction of sp³-hybridized carbons (Fsp3) is 0.538. The Morgan fingerprint density at radius 2 is 2.06 bits per heavy atom. The molecule has 1 aromatic carbocycles. The van der Waals surface area contributed by atoms with Crippen molar-refractivity contribution >= 4 is 5.69 Å². The Kier molecular flexibility index (Phi) is 4.74. The van der Waals surface area contributed by atoms with Crippen molar-refractivity contribution in [3.05, 3.63) is 29.6 Å². The molecule has 90 valence electrons. The summed E-state index contributed by atoms with van der Waals surface area (Å²) in [5, 5.41) is 0. The van der Waals surface area contributed by atoms with Crippen LogP contribution in [0.4, 0.5) is 10.1 Å². The van der Waals surface area contributed by atoms with Crippen LogP contribution in [0.25, 0.3) is 0 Å². The maximum Gasteiger partial charge on any atom is 0.129 e. The Bertz CT molecular complexity index is 339. The second kappa shape index (κ2) is 5.85. The van der Waals surface area contributed by atoms with Gasteiger partial charge in [-0.05, 0) is 32.4 Å². The number of anilines is 1. The Morgan fingerprint density at radius 1 is 1.38 bits per heavy atom. The van der Waals surface area contributed by atoms with Crippen LogP contribution in [0.1, 0.15) is 32.8 Å². The quantitative estimate of drug-likeness (QED) is 0.833. The lowest BCUT2D eigenvalue weighted by atomic mass is 10.1. The number of nitrogens with two attached hydrogens (primary N) is 1. The lowest BCUT2D eigenvalue weighted by molar-refractivity contribution is 0.596. The van der Waals surface area contributed by atoms with Gasteiger partial charge in [0, 0.05) is 30.4 Å². The number of hydrogen-bond donors (Lipinski definition) is 1. The van der Waals surface area contributed by atoms with Crippen molar-refractivity contribution in [3.8, 4) is 0 Å². The SMILES string of the molecule is CCC(C)N(CC)c1cccc(F)c1CN. The normalized spacial score (nSPS) is 12.6. The smallest absolute Gasteiger partial charge is 0.129 e. The predicted molar refractivity (Wildman–Crippen MR) is 67.1 cm³/mol. The van der Waals surface area contributed by atoms with Gasteiger partial charge in [-0.1, -0.05) is 13.0 Å². The summed E-state index contributed by atoms with van der Waals surface area (Å²) in [5.41, 5.74) is 7.16. The zero-order valence-electron chi connectivity index (χ0n) is 10.3. The van der Waals surface area contributed by atoms with Crippen LogP contribution in [0, 0.1) is 5.82 Å². The van der Waals surface area contributed by atoms with E-state index in [9.17, 15) is 4.39 Å². The van der Waals surface area contributed by atoms with Crippen LogP contribution in [0.15, 0.2) is 18.2 Å². The first-order valence-electron chi connectivity index (χ1n) is 5.89. The molecule has 0 heterocycles. The summed E-state index contributed by atoms with van der Waals surface area (Å²) < 4.78 is 13.6. The summed E-state index contributed by atoms with van der Waals surface area (Å²) in [6.07, 6.45) is 1.04. The third-order valence-corrected chi connectivity index (χ3v) is 3.07. The van der Waals surface area contributed by atoms with Crippen LogP contribution in [0.3, 0.4) is 0 Å². The minimum atomic E-state index is -0.207. The van der Waals surface area contributed by atoms with Gasteiger partial charge in [0.25, 0.3) is 0 Å². The zero-order chi connectivity index (χ0) is 12.1. The van der Waals surface area contributed by atoms with Crippen LogP contribution < -0.4 is 10.6 Å². The average Bonchev–Trinajstić information content (AvgIpc) is 2.30. The topological polar surface area (TPSA) is 29.3 Å². The van der Waals surface area contributed by atoms with E-state index in [1.807, 2.05) is 6.07 Å².